The number of hydrogen-bond acceptors (Lipinski definition) is 3. The van der Waals surface area contributed by atoms with E-state index in [-0.39, 0.29) is 30.2 Å². The van der Waals surface area contributed by atoms with E-state index >= 15 is 0 Å². The standard InChI is InChI=1S/C16H29N3O2/c1-11-9-13(7-8-18-11)16(21)19-14(10-15(17)20)12-5-3-2-4-6-12/h11-14,18H,2-10H2,1H3,(H2,17,20)(H,19,21)/t11-,13-,14?/m0/s1. The van der Waals surface area contributed by atoms with Crippen molar-refractivity contribution in [2.75, 3.05) is 6.54 Å². The average molecular weight is 295 g/mol. The molecule has 1 unspecified atom stereocenters. The number of carbonyl (C=O) groups excluding carboxylic acids is 2. The summed E-state index contributed by atoms with van der Waals surface area (Å²) >= 11 is 0. The van der Waals surface area contributed by atoms with Crippen LogP contribution in [0.15, 0.2) is 0 Å². The van der Waals surface area contributed by atoms with Gasteiger partial charge in [0.05, 0.1) is 0 Å². The first-order valence-corrected chi connectivity index (χ1v) is 8.38. The lowest BCUT2D eigenvalue weighted by molar-refractivity contribution is -0.127. The normalized spacial score (nSPS) is 28.8. The van der Waals surface area contributed by atoms with Gasteiger partial charge in [-0.3, -0.25) is 9.59 Å². The van der Waals surface area contributed by atoms with Crippen LogP contribution in [0.4, 0.5) is 0 Å². The molecule has 1 aliphatic heterocycles. The molecule has 120 valence electrons. The minimum atomic E-state index is -0.315. The third-order valence-corrected chi connectivity index (χ3v) is 4.96. The summed E-state index contributed by atoms with van der Waals surface area (Å²) in [6.07, 6.45) is 7.88. The van der Waals surface area contributed by atoms with Crippen molar-refractivity contribution in [1.29, 1.82) is 0 Å². The third kappa shape index (κ3) is 4.99. The summed E-state index contributed by atoms with van der Waals surface area (Å²) in [6.45, 7) is 3.00. The van der Waals surface area contributed by atoms with Gasteiger partial charge in [-0.1, -0.05) is 19.3 Å². The highest BCUT2D eigenvalue weighted by Crippen LogP contribution is 2.28. The van der Waals surface area contributed by atoms with Crippen molar-refractivity contribution in [3.63, 3.8) is 0 Å². The molecular formula is C16H29N3O2. The van der Waals surface area contributed by atoms with Crippen LogP contribution in [0.1, 0.15) is 58.3 Å². The maximum absolute atomic E-state index is 12.5. The molecular weight excluding hydrogens is 266 g/mol. The summed E-state index contributed by atoms with van der Waals surface area (Å²) in [5.41, 5.74) is 5.38. The van der Waals surface area contributed by atoms with E-state index in [0.717, 1.165) is 32.2 Å². The van der Waals surface area contributed by atoms with Crippen LogP contribution in [0.2, 0.25) is 0 Å². The van der Waals surface area contributed by atoms with Crippen molar-refractivity contribution >= 4 is 11.8 Å². The lowest BCUT2D eigenvalue weighted by Crippen LogP contribution is -2.48. The highest BCUT2D eigenvalue weighted by molar-refractivity contribution is 5.80. The zero-order chi connectivity index (χ0) is 15.2. The molecule has 1 saturated heterocycles. The summed E-state index contributed by atoms with van der Waals surface area (Å²) in [6, 6.07) is 0.319. The fourth-order valence-corrected chi connectivity index (χ4v) is 3.76. The predicted molar refractivity (Wildman–Crippen MR) is 82.5 cm³/mol. The molecule has 0 aromatic carbocycles. The van der Waals surface area contributed by atoms with Gasteiger partial charge in [0, 0.05) is 24.4 Å². The molecule has 5 heteroatoms. The zero-order valence-electron chi connectivity index (χ0n) is 13.1. The number of nitrogens with one attached hydrogen (secondary N) is 2. The molecule has 4 N–H and O–H groups in total. The summed E-state index contributed by atoms with van der Waals surface area (Å²) in [7, 11) is 0. The van der Waals surface area contributed by atoms with Crippen LogP contribution in [0.25, 0.3) is 0 Å². The van der Waals surface area contributed by atoms with Gasteiger partial charge in [0.25, 0.3) is 0 Å². The Hall–Kier alpha value is -1.10. The number of nitrogens with two attached hydrogens (primary N) is 1. The number of rotatable bonds is 5. The lowest BCUT2D eigenvalue weighted by atomic mass is 9.82. The van der Waals surface area contributed by atoms with Crippen molar-refractivity contribution in [3.05, 3.63) is 0 Å². The van der Waals surface area contributed by atoms with Gasteiger partial charge in [0.2, 0.25) is 11.8 Å². The van der Waals surface area contributed by atoms with Crippen molar-refractivity contribution in [3.8, 4) is 0 Å². The van der Waals surface area contributed by atoms with Crippen LogP contribution in [-0.4, -0.2) is 30.4 Å². The summed E-state index contributed by atoms with van der Waals surface area (Å²) in [4.78, 5) is 23.8. The third-order valence-electron chi connectivity index (χ3n) is 4.96. The lowest BCUT2D eigenvalue weighted by Gasteiger charge is -2.33. The van der Waals surface area contributed by atoms with Crippen molar-refractivity contribution in [1.82, 2.24) is 10.6 Å². The number of primary amides is 1. The first-order valence-electron chi connectivity index (χ1n) is 8.38. The second kappa shape index (κ2) is 7.78. The zero-order valence-corrected chi connectivity index (χ0v) is 13.1. The van der Waals surface area contributed by atoms with Gasteiger partial charge in [-0.25, -0.2) is 0 Å². The van der Waals surface area contributed by atoms with E-state index in [1.807, 2.05) is 0 Å². The molecule has 0 aromatic rings. The summed E-state index contributed by atoms with van der Waals surface area (Å²) in [5.74, 6) is 0.277. The molecule has 2 fully saturated rings. The highest BCUT2D eigenvalue weighted by atomic mass is 16.2. The van der Waals surface area contributed by atoms with Crippen LogP contribution >= 0.6 is 0 Å². The Balaban J connectivity index is 1.93. The fraction of sp³-hybridized carbons (Fsp3) is 0.875. The van der Waals surface area contributed by atoms with E-state index in [0.29, 0.717) is 12.0 Å². The highest BCUT2D eigenvalue weighted by Gasteiger charge is 2.30. The Kier molecular flexibility index (Phi) is 6.03. The molecule has 5 nitrogen and oxygen atoms in total. The van der Waals surface area contributed by atoms with Crippen molar-refractivity contribution in [2.24, 2.45) is 17.6 Å². The van der Waals surface area contributed by atoms with Gasteiger partial charge in [0.1, 0.15) is 0 Å². The Labute approximate surface area is 127 Å². The van der Waals surface area contributed by atoms with Gasteiger partial charge in [0.15, 0.2) is 0 Å². The smallest absolute Gasteiger partial charge is 0.223 e. The Bertz CT molecular complexity index is 367. The molecule has 3 atom stereocenters. The van der Waals surface area contributed by atoms with E-state index in [1.54, 1.807) is 0 Å². The van der Waals surface area contributed by atoms with E-state index < -0.39 is 0 Å². The number of amides is 2. The first kappa shape index (κ1) is 16.3. The van der Waals surface area contributed by atoms with Gasteiger partial charge >= 0.3 is 0 Å². The van der Waals surface area contributed by atoms with Crippen molar-refractivity contribution < 1.29 is 9.59 Å². The molecule has 1 aliphatic carbocycles. The van der Waals surface area contributed by atoms with Gasteiger partial charge < -0.3 is 16.4 Å². The molecule has 0 aromatic heterocycles. The largest absolute Gasteiger partial charge is 0.370 e. The van der Waals surface area contributed by atoms with Crippen LogP contribution in [0.3, 0.4) is 0 Å². The maximum atomic E-state index is 12.5. The Morgan fingerprint density at radius 3 is 2.57 bits per heavy atom. The molecule has 2 amide bonds. The van der Waals surface area contributed by atoms with Gasteiger partial charge in [-0.2, -0.15) is 0 Å². The molecule has 2 rings (SSSR count). The molecule has 0 bridgehead atoms. The minimum absolute atomic E-state index is 0.0690. The van der Waals surface area contributed by atoms with Gasteiger partial charge in [-0.05, 0) is 45.1 Å². The number of carbonyl (C=O) groups is 2. The van der Waals surface area contributed by atoms with E-state index in [2.05, 4.69) is 17.6 Å². The summed E-state index contributed by atoms with van der Waals surface area (Å²) < 4.78 is 0. The van der Waals surface area contributed by atoms with Gasteiger partial charge in [-0.15, -0.1) is 0 Å². The molecule has 21 heavy (non-hydrogen) atoms. The van der Waals surface area contributed by atoms with Crippen molar-refractivity contribution in [2.45, 2.75) is 70.4 Å². The first-order chi connectivity index (χ1) is 10.1. The molecule has 0 radical (unpaired) electrons. The second-order valence-corrected chi connectivity index (χ2v) is 6.76. The molecule has 1 heterocycles. The minimum Gasteiger partial charge on any atom is -0.370 e. The quantitative estimate of drug-likeness (QED) is 0.715. The van der Waals surface area contributed by atoms with Crippen LogP contribution < -0.4 is 16.4 Å². The molecule has 2 aliphatic rings. The SMILES string of the molecule is C[C@H]1C[C@@H](C(=O)NC(CC(N)=O)C2CCCCC2)CCN1. The molecule has 0 spiro atoms. The summed E-state index contributed by atoms with van der Waals surface area (Å²) in [5, 5.41) is 6.50. The predicted octanol–water partition coefficient (Wildman–Crippen LogP) is 1.32. The van der Waals surface area contributed by atoms with E-state index in [9.17, 15) is 9.59 Å². The van der Waals surface area contributed by atoms with Crippen LogP contribution in [0.5, 0.6) is 0 Å². The topological polar surface area (TPSA) is 84.2 Å². The van der Waals surface area contributed by atoms with E-state index in [1.165, 1.54) is 19.3 Å². The number of piperidine rings is 1. The Morgan fingerprint density at radius 2 is 1.95 bits per heavy atom. The monoisotopic (exact) mass is 295 g/mol. The maximum Gasteiger partial charge on any atom is 0.223 e. The fourth-order valence-electron chi connectivity index (χ4n) is 3.76. The molecule has 1 saturated carbocycles. The second-order valence-electron chi connectivity index (χ2n) is 6.76. The van der Waals surface area contributed by atoms with Crippen LogP contribution in [-0.2, 0) is 9.59 Å². The average Bonchev–Trinajstić information content (AvgIpc) is 2.47. The number of hydrogen-bond donors (Lipinski definition) is 3. The van der Waals surface area contributed by atoms with E-state index in [4.69, 9.17) is 5.73 Å². The van der Waals surface area contributed by atoms with Crippen LogP contribution in [0, 0.1) is 11.8 Å². The Morgan fingerprint density at radius 1 is 1.24 bits per heavy atom.